The Morgan fingerprint density at radius 1 is 1.42 bits per heavy atom. The third-order valence-electron chi connectivity index (χ3n) is 3.92. The molecule has 0 aromatic carbocycles. The van der Waals surface area contributed by atoms with Crippen molar-refractivity contribution in [3.63, 3.8) is 0 Å². The molecule has 1 N–H and O–H groups in total. The Bertz CT molecular complexity index is 489. The van der Waals surface area contributed by atoms with E-state index in [0.717, 1.165) is 0 Å². The molecule has 1 aliphatic rings. The zero-order valence-electron chi connectivity index (χ0n) is 10.7. The molecule has 0 bridgehead atoms. The van der Waals surface area contributed by atoms with Gasteiger partial charge in [-0.15, -0.1) is 0 Å². The predicted octanol–water partition coefficient (Wildman–Crippen LogP) is 2.76. The summed E-state index contributed by atoms with van der Waals surface area (Å²) in [6.07, 6.45) is 1.58. The molecular weight excluding hydrogens is 314 g/mol. The number of halogens is 1. The highest BCUT2D eigenvalue weighted by molar-refractivity contribution is 9.10. The summed E-state index contributed by atoms with van der Waals surface area (Å²) in [6.45, 7) is 2.80. The van der Waals surface area contributed by atoms with E-state index in [9.17, 15) is 14.7 Å². The third kappa shape index (κ3) is 2.68. The van der Waals surface area contributed by atoms with Crippen LogP contribution in [0.1, 0.15) is 36.7 Å². The summed E-state index contributed by atoms with van der Waals surface area (Å²) in [5.41, 5.74) is -0.680. The molecule has 0 aliphatic carbocycles. The number of carbonyl (C=O) groups is 2. The first-order valence-electron chi connectivity index (χ1n) is 6.26. The van der Waals surface area contributed by atoms with Crippen LogP contribution in [0, 0.1) is 5.41 Å². The second-order valence-electron chi connectivity index (χ2n) is 4.83. The first-order chi connectivity index (χ1) is 8.98. The summed E-state index contributed by atoms with van der Waals surface area (Å²) in [5, 5.41) is 9.31. The lowest BCUT2D eigenvalue weighted by Crippen LogP contribution is -2.46. The summed E-state index contributed by atoms with van der Waals surface area (Å²) in [4.78, 5) is 25.1. The Labute approximate surface area is 119 Å². The molecule has 1 aromatic heterocycles. The maximum Gasteiger partial charge on any atom is 0.309 e. The monoisotopic (exact) mass is 329 g/mol. The number of carboxylic acid groups (broad SMARTS) is 1. The van der Waals surface area contributed by atoms with Gasteiger partial charge in [-0.3, -0.25) is 9.59 Å². The highest BCUT2D eigenvalue weighted by atomic mass is 79.9. The molecule has 104 valence electrons. The smallest absolute Gasteiger partial charge is 0.309 e. The highest BCUT2D eigenvalue weighted by Gasteiger charge is 2.41. The van der Waals surface area contributed by atoms with Crippen LogP contribution < -0.4 is 0 Å². The largest absolute Gasteiger partial charge is 0.481 e. The molecule has 0 saturated carbocycles. The van der Waals surface area contributed by atoms with Gasteiger partial charge in [0.25, 0.3) is 5.91 Å². The van der Waals surface area contributed by atoms with Crippen molar-refractivity contribution in [1.82, 2.24) is 4.90 Å². The van der Waals surface area contributed by atoms with E-state index in [4.69, 9.17) is 4.42 Å². The van der Waals surface area contributed by atoms with E-state index >= 15 is 0 Å². The van der Waals surface area contributed by atoms with Crippen LogP contribution in [0.2, 0.25) is 0 Å². The molecule has 1 saturated heterocycles. The maximum atomic E-state index is 12.1. The number of nitrogens with zero attached hydrogens (tertiary/aromatic N) is 1. The SMILES string of the molecule is CCC1(C(=O)O)CCN(C(=O)c2ccc(Br)o2)CC1. The number of hydrogen-bond acceptors (Lipinski definition) is 3. The van der Waals surface area contributed by atoms with Crippen molar-refractivity contribution >= 4 is 27.8 Å². The van der Waals surface area contributed by atoms with Gasteiger partial charge < -0.3 is 14.4 Å². The lowest BCUT2D eigenvalue weighted by atomic mass is 9.76. The molecule has 1 aromatic rings. The van der Waals surface area contributed by atoms with Crippen molar-refractivity contribution in [1.29, 1.82) is 0 Å². The molecule has 1 amide bonds. The van der Waals surface area contributed by atoms with Crippen LogP contribution in [0.4, 0.5) is 0 Å². The summed E-state index contributed by atoms with van der Waals surface area (Å²) in [5.74, 6) is -0.658. The van der Waals surface area contributed by atoms with E-state index < -0.39 is 11.4 Å². The van der Waals surface area contributed by atoms with Gasteiger partial charge in [-0.2, -0.15) is 0 Å². The molecule has 1 fully saturated rings. The normalized spacial score (nSPS) is 18.3. The molecule has 0 atom stereocenters. The van der Waals surface area contributed by atoms with E-state index in [1.54, 1.807) is 17.0 Å². The van der Waals surface area contributed by atoms with Crippen LogP contribution >= 0.6 is 15.9 Å². The van der Waals surface area contributed by atoms with Crippen molar-refractivity contribution in [2.75, 3.05) is 13.1 Å². The fourth-order valence-electron chi connectivity index (χ4n) is 2.44. The van der Waals surface area contributed by atoms with Crippen molar-refractivity contribution in [2.24, 2.45) is 5.41 Å². The molecule has 0 radical (unpaired) electrons. The number of hydrogen-bond donors (Lipinski definition) is 1. The van der Waals surface area contributed by atoms with Crippen LogP contribution in [0.25, 0.3) is 0 Å². The van der Waals surface area contributed by atoms with Crippen LogP contribution in [0.5, 0.6) is 0 Å². The minimum Gasteiger partial charge on any atom is -0.481 e. The Morgan fingerprint density at radius 2 is 2.05 bits per heavy atom. The maximum absolute atomic E-state index is 12.1. The third-order valence-corrected chi connectivity index (χ3v) is 4.35. The Hall–Kier alpha value is -1.30. The minimum atomic E-state index is -0.761. The lowest BCUT2D eigenvalue weighted by molar-refractivity contribution is -0.152. The fourth-order valence-corrected chi connectivity index (χ4v) is 2.75. The van der Waals surface area contributed by atoms with Crippen molar-refractivity contribution in [3.05, 3.63) is 22.6 Å². The molecule has 6 heteroatoms. The van der Waals surface area contributed by atoms with Crippen molar-refractivity contribution < 1.29 is 19.1 Å². The lowest BCUT2D eigenvalue weighted by Gasteiger charge is -2.37. The minimum absolute atomic E-state index is 0.180. The molecule has 0 spiro atoms. The topological polar surface area (TPSA) is 70.8 Å². The van der Waals surface area contributed by atoms with Gasteiger partial charge in [0.15, 0.2) is 10.4 Å². The molecule has 1 aliphatic heterocycles. The first-order valence-corrected chi connectivity index (χ1v) is 7.06. The number of aliphatic carboxylic acids is 1. The number of furan rings is 1. The second-order valence-corrected chi connectivity index (χ2v) is 5.62. The molecule has 19 heavy (non-hydrogen) atoms. The Balaban J connectivity index is 2.04. The van der Waals surface area contributed by atoms with Crippen LogP contribution in [-0.4, -0.2) is 35.0 Å². The summed E-state index contributed by atoms with van der Waals surface area (Å²) >= 11 is 3.16. The standard InChI is InChI=1S/C13H16BrNO4/c1-2-13(12(17)18)5-7-15(8-6-13)11(16)9-3-4-10(14)19-9/h3-4H,2,5-8H2,1H3,(H,17,18). The summed E-state index contributed by atoms with van der Waals surface area (Å²) < 4.78 is 5.75. The van der Waals surface area contributed by atoms with Crippen LogP contribution in [0.15, 0.2) is 21.2 Å². The number of rotatable bonds is 3. The number of likely N-dealkylation sites (tertiary alicyclic amines) is 1. The predicted molar refractivity (Wildman–Crippen MR) is 71.9 cm³/mol. The van der Waals surface area contributed by atoms with Gasteiger partial charge in [0.1, 0.15) is 0 Å². The van der Waals surface area contributed by atoms with Gasteiger partial charge >= 0.3 is 5.97 Å². The Morgan fingerprint density at radius 3 is 2.47 bits per heavy atom. The first kappa shape index (κ1) is 14.1. The molecule has 5 nitrogen and oxygen atoms in total. The van der Waals surface area contributed by atoms with Crippen molar-refractivity contribution in [2.45, 2.75) is 26.2 Å². The number of piperidine rings is 1. The average molecular weight is 330 g/mol. The van der Waals surface area contributed by atoms with Gasteiger partial charge in [-0.25, -0.2) is 0 Å². The zero-order chi connectivity index (χ0) is 14.0. The van der Waals surface area contributed by atoms with E-state index in [0.29, 0.717) is 37.0 Å². The number of carbonyl (C=O) groups excluding carboxylic acids is 1. The molecule has 2 rings (SSSR count). The zero-order valence-corrected chi connectivity index (χ0v) is 12.3. The fraction of sp³-hybridized carbons (Fsp3) is 0.538. The van der Waals surface area contributed by atoms with Gasteiger partial charge in [0, 0.05) is 13.1 Å². The molecule has 0 unspecified atom stereocenters. The number of carboxylic acids is 1. The van der Waals surface area contributed by atoms with E-state index in [-0.39, 0.29) is 11.7 Å². The average Bonchev–Trinajstić information content (AvgIpc) is 2.84. The molecular formula is C13H16BrNO4. The van der Waals surface area contributed by atoms with Crippen LogP contribution in [0.3, 0.4) is 0 Å². The van der Waals surface area contributed by atoms with Gasteiger partial charge in [-0.05, 0) is 47.3 Å². The van der Waals surface area contributed by atoms with E-state index in [1.165, 1.54) is 0 Å². The van der Waals surface area contributed by atoms with Gasteiger partial charge in [-0.1, -0.05) is 6.92 Å². The summed E-state index contributed by atoms with van der Waals surface area (Å²) in [6, 6.07) is 3.29. The number of amides is 1. The van der Waals surface area contributed by atoms with E-state index in [2.05, 4.69) is 15.9 Å². The van der Waals surface area contributed by atoms with Gasteiger partial charge in [0.05, 0.1) is 5.41 Å². The second kappa shape index (κ2) is 5.36. The quantitative estimate of drug-likeness (QED) is 0.925. The Kier molecular flexibility index (Phi) is 3.99. The van der Waals surface area contributed by atoms with Crippen LogP contribution in [-0.2, 0) is 4.79 Å². The molecule has 2 heterocycles. The highest BCUT2D eigenvalue weighted by Crippen LogP contribution is 2.35. The summed E-state index contributed by atoms with van der Waals surface area (Å²) in [7, 11) is 0. The van der Waals surface area contributed by atoms with Crippen molar-refractivity contribution in [3.8, 4) is 0 Å². The van der Waals surface area contributed by atoms with E-state index in [1.807, 2.05) is 6.92 Å². The van der Waals surface area contributed by atoms with Gasteiger partial charge in [0.2, 0.25) is 0 Å².